The van der Waals surface area contributed by atoms with E-state index in [1.165, 1.54) is 0 Å². The second-order valence-electron chi connectivity index (χ2n) is 6.28. The van der Waals surface area contributed by atoms with Crippen LogP contribution in [0.2, 0.25) is 0 Å². The normalized spacial score (nSPS) is 12.4. The van der Waals surface area contributed by atoms with Crippen molar-refractivity contribution in [3.63, 3.8) is 0 Å². The number of carbonyl (C=O) groups excluding carboxylic acids is 1. The van der Waals surface area contributed by atoms with Crippen molar-refractivity contribution in [2.45, 2.75) is 44.7 Å². The summed E-state index contributed by atoms with van der Waals surface area (Å²) >= 11 is 4.22. The zero-order valence-electron chi connectivity index (χ0n) is 15.9. The highest BCUT2D eigenvalue weighted by Gasteiger charge is 2.28. The minimum absolute atomic E-state index is 0.00858. The van der Waals surface area contributed by atoms with Crippen molar-refractivity contribution in [2.75, 3.05) is 19.8 Å². The molecule has 5 nitrogen and oxygen atoms in total. The zero-order valence-corrected chi connectivity index (χ0v) is 16.7. The molecule has 0 fully saturated rings. The predicted octanol–water partition coefficient (Wildman–Crippen LogP) is 4.26. The van der Waals surface area contributed by atoms with Crippen LogP contribution in [-0.2, 0) is 9.47 Å². The van der Waals surface area contributed by atoms with Crippen LogP contribution in [-0.4, -0.2) is 30.4 Å². The Balaban J connectivity index is 2.76. The van der Waals surface area contributed by atoms with Gasteiger partial charge >= 0.3 is 5.97 Å². The van der Waals surface area contributed by atoms with Gasteiger partial charge in [0.2, 0.25) is 5.43 Å². The number of unbranched alkanes of at least 4 members (excludes halogenated alkanes) is 1. The monoisotopic (exact) mass is 417 g/mol. The third kappa shape index (κ3) is 4.20. The fraction of sp³-hybridized carbons (Fsp3) is 0.474. The summed E-state index contributed by atoms with van der Waals surface area (Å²) in [4.78, 5) is 25.0. The summed E-state index contributed by atoms with van der Waals surface area (Å²) in [7, 11) is 0. The van der Waals surface area contributed by atoms with Crippen molar-refractivity contribution < 1.29 is 27.4 Å². The molecule has 1 heterocycles. The third-order valence-corrected chi connectivity index (χ3v) is 4.66. The summed E-state index contributed by atoms with van der Waals surface area (Å²) in [6, 6.07) is -0.0484. The van der Waals surface area contributed by atoms with Gasteiger partial charge < -0.3 is 14.0 Å². The first-order valence-electron chi connectivity index (χ1n) is 8.95. The van der Waals surface area contributed by atoms with Gasteiger partial charge in [0, 0.05) is 6.61 Å². The lowest BCUT2D eigenvalue weighted by Crippen LogP contribution is -2.26. The zero-order chi connectivity index (χ0) is 21.0. The standard InChI is InChI=1S/C19H22F3NO4S/c1-4-6-7-26-9-10(3)23-16-11(8-12(20)14(21)15(16)22)17(24)13(18(23)28)19(25)27-5-2/h8,10,28H,4-7,9H2,1-3H3/t10-/m0/s1. The van der Waals surface area contributed by atoms with Crippen molar-refractivity contribution in [3.05, 3.63) is 39.3 Å². The van der Waals surface area contributed by atoms with E-state index >= 15 is 0 Å². The van der Waals surface area contributed by atoms with E-state index in [1.807, 2.05) is 6.92 Å². The number of hydrogen-bond donors (Lipinski definition) is 1. The molecule has 0 saturated heterocycles. The number of esters is 1. The van der Waals surface area contributed by atoms with Crippen LogP contribution in [0.1, 0.15) is 50.0 Å². The lowest BCUT2D eigenvalue weighted by molar-refractivity contribution is 0.0517. The average molecular weight is 417 g/mol. The van der Waals surface area contributed by atoms with Crippen molar-refractivity contribution >= 4 is 29.5 Å². The van der Waals surface area contributed by atoms with Gasteiger partial charge in [-0.05, 0) is 26.3 Å². The molecule has 0 radical (unpaired) electrons. The third-order valence-electron chi connectivity index (χ3n) is 4.22. The van der Waals surface area contributed by atoms with Gasteiger partial charge in [-0.2, -0.15) is 0 Å². The van der Waals surface area contributed by atoms with Crippen LogP contribution in [0.4, 0.5) is 13.2 Å². The number of hydrogen-bond acceptors (Lipinski definition) is 5. The molecule has 0 aliphatic carbocycles. The van der Waals surface area contributed by atoms with Gasteiger partial charge in [0.15, 0.2) is 17.5 Å². The molecule has 0 unspecified atom stereocenters. The van der Waals surface area contributed by atoms with Gasteiger partial charge in [0.1, 0.15) is 5.56 Å². The number of ether oxygens (including phenoxy) is 2. The van der Waals surface area contributed by atoms with E-state index in [2.05, 4.69) is 12.6 Å². The highest BCUT2D eigenvalue weighted by molar-refractivity contribution is 7.80. The molecule has 0 aliphatic rings. The highest BCUT2D eigenvalue weighted by atomic mass is 32.1. The van der Waals surface area contributed by atoms with E-state index in [-0.39, 0.29) is 18.2 Å². The first-order valence-corrected chi connectivity index (χ1v) is 9.40. The second kappa shape index (κ2) is 9.47. The molecule has 0 N–H and O–H groups in total. The molecule has 154 valence electrons. The van der Waals surface area contributed by atoms with Gasteiger partial charge in [-0.25, -0.2) is 18.0 Å². The Morgan fingerprint density at radius 2 is 1.93 bits per heavy atom. The van der Waals surface area contributed by atoms with Gasteiger partial charge in [-0.1, -0.05) is 13.3 Å². The lowest BCUT2D eigenvalue weighted by atomic mass is 10.1. The van der Waals surface area contributed by atoms with E-state index in [0.717, 1.165) is 17.4 Å². The van der Waals surface area contributed by atoms with Crippen LogP contribution >= 0.6 is 12.6 Å². The Morgan fingerprint density at radius 1 is 1.25 bits per heavy atom. The maximum absolute atomic E-state index is 14.6. The number of thiol groups is 1. The van der Waals surface area contributed by atoms with Gasteiger partial charge in [0.05, 0.1) is 35.2 Å². The smallest absolute Gasteiger partial charge is 0.344 e. The fourth-order valence-corrected chi connectivity index (χ4v) is 3.34. The minimum Gasteiger partial charge on any atom is -0.462 e. The van der Waals surface area contributed by atoms with E-state index < -0.39 is 51.4 Å². The number of pyridine rings is 1. The number of fused-ring (bicyclic) bond motifs is 1. The van der Waals surface area contributed by atoms with Gasteiger partial charge in [-0.3, -0.25) is 4.79 Å². The molecule has 1 aromatic carbocycles. The van der Waals surface area contributed by atoms with Crippen LogP contribution in [0.5, 0.6) is 0 Å². The Morgan fingerprint density at radius 3 is 2.54 bits per heavy atom. The van der Waals surface area contributed by atoms with Crippen LogP contribution in [0.15, 0.2) is 15.9 Å². The Labute approximate surface area is 165 Å². The molecule has 9 heteroatoms. The van der Waals surface area contributed by atoms with E-state index in [4.69, 9.17) is 9.47 Å². The summed E-state index contributed by atoms with van der Waals surface area (Å²) in [5.41, 5.74) is -1.93. The average Bonchev–Trinajstić information content (AvgIpc) is 2.64. The van der Waals surface area contributed by atoms with E-state index in [1.54, 1.807) is 13.8 Å². The molecule has 0 amide bonds. The molecular formula is C19H22F3NO4S. The Hall–Kier alpha value is -2.00. The van der Waals surface area contributed by atoms with Crippen molar-refractivity contribution in [2.24, 2.45) is 0 Å². The number of aromatic nitrogens is 1. The Kier molecular flexibility index (Phi) is 7.54. The Bertz CT molecular complexity index is 945. The number of benzene rings is 1. The van der Waals surface area contributed by atoms with Gasteiger partial charge in [-0.15, -0.1) is 12.6 Å². The molecule has 0 bridgehead atoms. The molecule has 1 atom stereocenters. The summed E-state index contributed by atoms with van der Waals surface area (Å²) in [6.07, 6.45) is 1.73. The highest BCUT2D eigenvalue weighted by Crippen LogP contribution is 2.29. The van der Waals surface area contributed by atoms with Gasteiger partial charge in [0.25, 0.3) is 0 Å². The SMILES string of the molecule is CCCCOC[C@H](C)n1c(S)c(C(=O)OCC)c(=O)c2cc(F)c(F)c(F)c21. The molecule has 2 aromatic rings. The maximum Gasteiger partial charge on any atom is 0.344 e. The number of halogens is 3. The summed E-state index contributed by atoms with van der Waals surface area (Å²) in [5, 5.41) is -0.676. The largest absolute Gasteiger partial charge is 0.462 e. The predicted molar refractivity (Wildman–Crippen MR) is 102 cm³/mol. The molecule has 0 aliphatic heterocycles. The summed E-state index contributed by atoms with van der Waals surface area (Å²) in [6.45, 7) is 5.71. The molecule has 0 saturated carbocycles. The van der Waals surface area contributed by atoms with Crippen LogP contribution in [0, 0.1) is 17.5 Å². The first-order chi connectivity index (χ1) is 13.3. The van der Waals surface area contributed by atoms with Crippen molar-refractivity contribution in [1.82, 2.24) is 4.57 Å². The van der Waals surface area contributed by atoms with Crippen LogP contribution < -0.4 is 5.43 Å². The van der Waals surface area contributed by atoms with Crippen molar-refractivity contribution in [3.8, 4) is 0 Å². The molecule has 2 rings (SSSR count). The lowest BCUT2D eigenvalue weighted by Gasteiger charge is -2.23. The maximum atomic E-state index is 14.6. The number of carbonyl (C=O) groups is 1. The van der Waals surface area contributed by atoms with Crippen molar-refractivity contribution in [1.29, 1.82) is 0 Å². The van der Waals surface area contributed by atoms with Crippen LogP contribution in [0.25, 0.3) is 10.9 Å². The number of rotatable bonds is 8. The minimum atomic E-state index is -1.71. The van der Waals surface area contributed by atoms with E-state index in [9.17, 15) is 22.8 Å². The molecule has 28 heavy (non-hydrogen) atoms. The summed E-state index contributed by atoms with van der Waals surface area (Å²) in [5.74, 6) is -5.74. The second-order valence-corrected chi connectivity index (χ2v) is 6.70. The molecule has 1 aromatic heterocycles. The molecular weight excluding hydrogens is 395 g/mol. The topological polar surface area (TPSA) is 57.5 Å². The first kappa shape index (κ1) is 22.3. The fourth-order valence-electron chi connectivity index (χ4n) is 2.85. The summed E-state index contributed by atoms with van der Waals surface area (Å²) < 4.78 is 53.8. The number of nitrogens with zero attached hydrogens (tertiary/aromatic N) is 1. The van der Waals surface area contributed by atoms with Crippen LogP contribution in [0.3, 0.4) is 0 Å². The van der Waals surface area contributed by atoms with E-state index in [0.29, 0.717) is 12.7 Å². The molecule has 0 spiro atoms. The quantitative estimate of drug-likeness (QED) is 0.302.